The normalized spacial score (nSPS) is 31.4. The molecule has 2 fully saturated rings. The molecule has 0 aromatic carbocycles. The topological polar surface area (TPSA) is 76.1 Å². The van der Waals surface area contributed by atoms with Crippen molar-refractivity contribution in [2.24, 2.45) is 11.8 Å². The zero-order valence-corrected chi connectivity index (χ0v) is 13.2. The fourth-order valence-corrected chi connectivity index (χ4v) is 3.48. The molecule has 0 aromatic heterocycles. The first kappa shape index (κ1) is 16.1. The average Bonchev–Trinajstić information content (AvgIpc) is 2.93. The van der Waals surface area contributed by atoms with Crippen LogP contribution in [-0.4, -0.2) is 53.0 Å². The van der Waals surface area contributed by atoms with Crippen molar-refractivity contribution in [3.05, 3.63) is 0 Å². The molecule has 21 heavy (non-hydrogen) atoms. The number of esters is 1. The van der Waals surface area contributed by atoms with Crippen molar-refractivity contribution in [2.45, 2.75) is 58.2 Å². The molecule has 0 aromatic rings. The van der Waals surface area contributed by atoms with Crippen LogP contribution in [0.3, 0.4) is 0 Å². The van der Waals surface area contributed by atoms with Gasteiger partial charge in [-0.1, -0.05) is 0 Å². The number of carbonyl (C=O) groups is 2. The van der Waals surface area contributed by atoms with E-state index in [1.807, 2.05) is 0 Å². The second-order valence-corrected chi connectivity index (χ2v) is 6.82. The number of hydrogen-bond acceptors (Lipinski definition) is 5. The Kier molecular flexibility index (Phi) is 4.46. The van der Waals surface area contributed by atoms with Gasteiger partial charge in [0.2, 0.25) is 0 Å². The highest BCUT2D eigenvalue weighted by Crippen LogP contribution is 2.47. The smallest absolute Gasteiger partial charge is 0.411 e. The van der Waals surface area contributed by atoms with E-state index in [1.165, 1.54) is 4.90 Å². The minimum absolute atomic E-state index is 0.0356. The summed E-state index contributed by atoms with van der Waals surface area (Å²) >= 11 is 0. The quantitative estimate of drug-likeness (QED) is 0.800. The van der Waals surface area contributed by atoms with Crippen LogP contribution in [-0.2, 0) is 14.3 Å². The first-order chi connectivity index (χ1) is 9.78. The molecule has 1 saturated carbocycles. The molecule has 4 atom stereocenters. The lowest BCUT2D eigenvalue weighted by molar-refractivity contribution is -0.152. The Morgan fingerprint density at radius 2 is 1.95 bits per heavy atom. The predicted molar refractivity (Wildman–Crippen MR) is 75.6 cm³/mol. The molecule has 2 bridgehead atoms. The fraction of sp³-hybridized carbons (Fsp3) is 0.867. The number of carbonyl (C=O) groups excluding carboxylic acids is 2. The number of hydrogen-bond donors (Lipinski definition) is 1. The van der Waals surface area contributed by atoms with Crippen LogP contribution in [0.4, 0.5) is 4.79 Å². The summed E-state index contributed by atoms with van der Waals surface area (Å²) in [4.78, 5) is 26.2. The molecule has 1 amide bonds. The largest absolute Gasteiger partial charge is 0.464 e. The zero-order valence-electron chi connectivity index (χ0n) is 13.2. The molecule has 1 aliphatic carbocycles. The summed E-state index contributed by atoms with van der Waals surface area (Å²) in [5.41, 5.74) is -0.603. The van der Waals surface area contributed by atoms with Crippen molar-refractivity contribution in [3.63, 3.8) is 0 Å². The first-order valence-electron chi connectivity index (χ1n) is 7.57. The molecule has 120 valence electrons. The van der Waals surface area contributed by atoms with Crippen molar-refractivity contribution in [2.75, 3.05) is 13.2 Å². The van der Waals surface area contributed by atoms with Gasteiger partial charge in [0.05, 0.1) is 6.61 Å². The minimum atomic E-state index is -0.629. The Bertz CT molecular complexity index is 417. The molecule has 1 aliphatic heterocycles. The number of likely N-dealkylation sites (tertiary alicyclic amines) is 1. The highest BCUT2D eigenvalue weighted by molar-refractivity contribution is 5.83. The average molecular weight is 299 g/mol. The highest BCUT2D eigenvalue weighted by Gasteiger charge is 2.57. The molecule has 6 heteroatoms. The fourth-order valence-electron chi connectivity index (χ4n) is 3.48. The minimum Gasteiger partial charge on any atom is -0.464 e. The third-order valence-corrected chi connectivity index (χ3v) is 4.19. The van der Waals surface area contributed by atoms with E-state index in [4.69, 9.17) is 9.47 Å². The van der Waals surface area contributed by atoms with Crippen molar-refractivity contribution in [1.82, 2.24) is 4.90 Å². The van der Waals surface area contributed by atoms with Crippen LogP contribution < -0.4 is 0 Å². The Hall–Kier alpha value is -1.30. The second-order valence-electron chi connectivity index (χ2n) is 6.82. The van der Waals surface area contributed by atoms with Crippen molar-refractivity contribution in [1.29, 1.82) is 0 Å². The molecule has 0 spiro atoms. The molecule has 0 unspecified atom stereocenters. The van der Waals surface area contributed by atoms with Crippen LogP contribution in [0.1, 0.15) is 40.5 Å². The molecular weight excluding hydrogens is 274 g/mol. The lowest BCUT2D eigenvalue weighted by atomic mass is 9.88. The third kappa shape index (κ3) is 3.15. The van der Waals surface area contributed by atoms with Crippen molar-refractivity contribution in [3.8, 4) is 0 Å². The predicted octanol–water partition coefficient (Wildman–Crippen LogP) is 1.56. The van der Waals surface area contributed by atoms with E-state index in [0.29, 0.717) is 0 Å². The highest BCUT2D eigenvalue weighted by atomic mass is 16.6. The van der Waals surface area contributed by atoms with E-state index in [9.17, 15) is 14.7 Å². The summed E-state index contributed by atoms with van der Waals surface area (Å²) in [6, 6.07) is -0.674. The molecule has 1 saturated heterocycles. The second kappa shape index (κ2) is 5.83. The first-order valence-corrected chi connectivity index (χ1v) is 7.57. The van der Waals surface area contributed by atoms with Crippen LogP contribution in [0.2, 0.25) is 0 Å². The van der Waals surface area contributed by atoms with Gasteiger partial charge in [-0.05, 0) is 52.4 Å². The van der Waals surface area contributed by atoms with Crippen molar-refractivity contribution < 1.29 is 24.2 Å². The van der Waals surface area contributed by atoms with Gasteiger partial charge in [0.25, 0.3) is 0 Å². The number of nitrogens with zero attached hydrogens (tertiary/aromatic N) is 1. The number of amides is 1. The Labute approximate surface area is 125 Å². The van der Waals surface area contributed by atoms with Gasteiger partial charge >= 0.3 is 12.1 Å². The summed E-state index contributed by atoms with van der Waals surface area (Å²) in [6.07, 6.45) is 0.981. The van der Waals surface area contributed by atoms with Gasteiger partial charge in [-0.25, -0.2) is 9.59 Å². The Morgan fingerprint density at radius 3 is 2.48 bits per heavy atom. The maximum Gasteiger partial charge on any atom is 0.411 e. The van der Waals surface area contributed by atoms with E-state index < -0.39 is 23.7 Å². The molecular formula is C15H25NO5. The monoisotopic (exact) mass is 299 g/mol. The number of ether oxygens (including phenoxy) is 2. The summed E-state index contributed by atoms with van der Waals surface area (Å²) < 4.78 is 10.5. The Morgan fingerprint density at radius 1 is 1.29 bits per heavy atom. The van der Waals surface area contributed by atoms with Gasteiger partial charge in [-0.3, -0.25) is 4.90 Å². The van der Waals surface area contributed by atoms with Gasteiger partial charge in [-0.2, -0.15) is 0 Å². The Balaban J connectivity index is 2.19. The number of aliphatic hydroxyl groups excluding tert-OH is 1. The number of aliphatic hydroxyl groups is 1. The molecule has 6 nitrogen and oxygen atoms in total. The van der Waals surface area contributed by atoms with E-state index in [-0.39, 0.29) is 31.1 Å². The summed E-state index contributed by atoms with van der Waals surface area (Å²) in [7, 11) is 0. The lowest BCUT2D eigenvalue weighted by Gasteiger charge is -2.37. The molecule has 1 heterocycles. The van der Waals surface area contributed by atoms with Crippen LogP contribution in [0.15, 0.2) is 0 Å². The van der Waals surface area contributed by atoms with E-state index >= 15 is 0 Å². The number of piperidine rings is 1. The van der Waals surface area contributed by atoms with E-state index in [2.05, 4.69) is 0 Å². The van der Waals surface area contributed by atoms with Crippen LogP contribution in [0.25, 0.3) is 0 Å². The van der Waals surface area contributed by atoms with Gasteiger partial charge in [0, 0.05) is 12.6 Å². The SMILES string of the molecule is CCOC(=O)[C@@H]1[C@@H]2C[C@@H](C[C@@H]2CO)N1C(=O)OC(C)(C)C. The van der Waals surface area contributed by atoms with Gasteiger partial charge in [0.15, 0.2) is 0 Å². The van der Waals surface area contributed by atoms with Gasteiger partial charge in [-0.15, -0.1) is 0 Å². The molecule has 2 aliphatic rings. The standard InChI is InChI=1S/C15H25NO5/c1-5-20-13(18)12-11-7-10(6-9(11)8-17)16(12)14(19)21-15(2,3)4/h9-12,17H,5-8H2,1-4H3/t9-,10-,11-,12+/m1/s1. The van der Waals surface area contributed by atoms with E-state index in [0.717, 1.165) is 12.8 Å². The van der Waals surface area contributed by atoms with Gasteiger partial charge < -0.3 is 14.6 Å². The molecule has 1 N–H and O–H groups in total. The summed E-state index contributed by atoms with van der Waals surface area (Å²) in [6.45, 7) is 7.46. The number of rotatable bonds is 3. The third-order valence-electron chi connectivity index (χ3n) is 4.19. The van der Waals surface area contributed by atoms with Gasteiger partial charge in [0.1, 0.15) is 11.6 Å². The summed E-state index contributed by atoms with van der Waals surface area (Å²) in [5.74, 6) is -0.372. The summed E-state index contributed by atoms with van der Waals surface area (Å²) in [5, 5.41) is 9.44. The van der Waals surface area contributed by atoms with Crippen LogP contribution in [0, 0.1) is 11.8 Å². The number of fused-ring (bicyclic) bond motifs is 2. The molecule has 0 radical (unpaired) electrons. The van der Waals surface area contributed by atoms with Crippen LogP contribution >= 0.6 is 0 Å². The van der Waals surface area contributed by atoms with Crippen molar-refractivity contribution >= 4 is 12.1 Å². The maximum absolute atomic E-state index is 12.4. The van der Waals surface area contributed by atoms with Crippen LogP contribution in [0.5, 0.6) is 0 Å². The van der Waals surface area contributed by atoms with E-state index in [1.54, 1.807) is 27.7 Å². The zero-order chi connectivity index (χ0) is 15.8. The maximum atomic E-state index is 12.4. The lowest BCUT2D eigenvalue weighted by Crippen LogP contribution is -2.53. The molecule has 2 rings (SSSR count).